The van der Waals surface area contributed by atoms with Crippen LogP contribution in [-0.2, 0) is 23.2 Å². The number of likely N-dealkylation sites (tertiary alicyclic amines) is 1. The zero-order valence-electron chi connectivity index (χ0n) is 20.3. The molecule has 35 heavy (non-hydrogen) atoms. The van der Waals surface area contributed by atoms with E-state index in [2.05, 4.69) is 33.4 Å². The van der Waals surface area contributed by atoms with E-state index in [-0.39, 0.29) is 11.9 Å². The summed E-state index contributed by atoms with van der Waals surface area (Å²) < 4.78 is 0. The molecule has 2 aromatic carbocycles. The fourth-order valence-corrected chi connectivity index (χ4v) is 5.82. The highest BCUT2D eigenvalue weighted by Crippen LogP contribution is 2.49. The Hall–Kier alpha value is -3.45. The number of nitrogens with zero attached hydrogens (tertiary/aromatic N) is 4. The minimum absolute atomic E-state index is 0.0211. The number of amides is 1. The molecule has 0 unspecified atom stereocenters. The van der Waals surface area contributed by atoms with Gasteiger partial charge in [0.2, 0.25) is 11.9 Å². The Bertz CT molecular complexity index is 1300. The topological polar surface area (TPSA) is 81.6 Å². The van der Waals surface area contributed by atoms with Crippen LogP contribution in [-0.4, -0.2) is 39.0 Å². The summed E-state index contributed by atoms with van der Waals surface area (Å²) in [7, 11) is 0. The van der Waals surface area contributed by atoms with Crippen LogP contribution in [0.5, 0.6) is 5.75 Å². The summed E-state index contributed by atoms with van der Waals surface area (Å²) >= 11 is 0. The van der Waals surface area contributed by atoms with Crippen LogP contribution in [0.15, 0.2) is 48.7 Å². The first-order valence-corrected chi connectivity index (χ1v) is 12.5. The second-order valence-corrected chi connectivity index (χ2v) is 10.4. The van der Waals surface area contributed by atoms with Crippen LogP contribution in [0, 0.1) is 0 Å². The molecule has 3 heterocycles. The van der Waals surface area contributed by atoms with Gasteiger partial charge in [-0.3, -0.25) is 14.6 Å². The molecule has 7 heteroatoms. The Balaban J connectivity index is 1.31. The number of nitrogens with one attached hydrogen (secondary N) is 1. The molecular weight excluding hydrogens is 438 g/mol. The quantitative estimate of drug-likeness (QED) is 0.557. The molecule has 1 saturated heterocycles. The van der Waals surface area contributed by atoms with E-state index in [1.807, 2.05) is 36.9 Å². The number of carbonyl (C=O) groups is 1. The third-order valence-electron chi connectivity index (χ3n) is 7.74. The summed E-state index contributed by atoms with van der Waals surface area (Å²) in [5.74, 6) is 1.46. The van der Waals surface area contributed by atoms with Gasteiger partial charge in [-0.25, -0.2) is 4.98 Å². The van der Waals surface area contributed by atoms with Gasteiger partial charge < -0.3 is 10.4 Å². The average molecular weight is 470 g/mol. The van der Waals surface area contributed by atoms with E-state index >= 15 is 0 Å². The number of phenolic OH excluding ortho intramolecular Hbond substituents is 1. The molecular formula is C28H31N5O2. The second kappa shape index (κ2) is 8.34. The predicted octanol–water partition coefficient (Wildman–Crippen LogP) is 4.83. The molecule has 3 aromatic rings. The normalized spacial score (nSPS) is 20.8. The summed E-state index contributed by atoms with van der Waals surface area (Å²) in [6, 6.07) is 13.8. The first-order valence-electron chi connectivity index (χ1n) is 12.5. The van der Waals surface area contributed by atoms with Crippen molar-refractivity contribution in [1.29, 1.82) is 0 Å². The lowest BCUT2D eigenvalue weighted by molar-refractivity contribution is -0.122. The van der Waals surface area contributed by atoms with Crippen molar-refractivity contribution in [3.05, 3.63) is 70.9 Å². The molecule has 0 saturated carbocycles. The van der Waals surface area contributed by atoms with Gasteiger partial charge >= 0.3 is 0 Å². The molecule has 6 rings (SSSR count). The van der Waals surface area contributed by atoms with Gasteiger partial charge in [-0.05, 0) is 87.5 Å². The van der Waals surface area contributed by atoms with Crippen LogP contribution < -0.4 is 10.2 Å². The fourth-order valence-electron chi connectivity index (χ4n) is 5.82. The number of hydrogen-bond donors (Lipinski definition) is 2. The number of hydrogen-bond acceptors (Lipinski definition) is 6. The van der Waals surface area contributed by atoms with Crippen LogP contribution in [0.1, 0.15) is 61.4 Å². The van der Waals surface area contributed by atoms with Crippen LogP contribution in [0.25, 0.3) is 0 Å². The Morgan fingerprint density at radius 3 is 2.77 bits per heavy atom. The van der Waals surface area contributed by atoms with Crippen LogP contribution in [0.4, 0.5) is 17.5 Å². The molecule has 0 spiro atoms. The van der Waals surface area contributed by atoms with Gasteiger partial charge in [0.05, 0.1) is 11.5 Å². The van der Waals surface area contributed by atoms with Crippen molar-refractivity contribution in [3.63, 3.8) is 0 Å². The molecule has 2 N–H and O–H groups in total. The van der Waals surface area contributed by atoms with Crippen molar-refractivity contribution in [1.82, 2.24) is 14.9 Å². The van der Waals surface area contributed by atoms with Crippen LogP contribution >= 0.6 is 0 Å². The minimum Gasteiger partial charge on any atom is -0.508 e. The van der Waals surface area contributed by atoms with E-state index in [0.29, 0.717) is 17.5 Å². The second-order valence-electron chi connectivity index (χ2n) is 10.4. The number of anilines is 3. The molecule has 3 aliphatic rings. The molecule has 2 aliphatic heterocycles. The molecule has 0 bridgehead atoms. The maximum Gasteiger partial charge on any atom is 0.239 e. The maximum atomic E-state index is 13.6. The maximum absolute atomic E-state index is 13.6. The summed E-state index contributed by atoms with van der Waals surface area (Å²) in [4.78, 5) is 27.4. The number of benzene rings is 2. The number of rotatable bonds is 5. The van der Waals surface area contributed by atoms with E-state index in [9.17, 15) is 9.90 Å². The minimum atomic E-state index is -0.705. The molecule has 1 aromatic heterocycles. The van der Waals surface area contributed by atoms with Crippen LogP contribution in [0.2, 0.25) is 0 Å². The highest BCUT2D eigenvalue weighted by atomic mass is 16.3. The largest absolute Gasteiger partial charge is 0.508 e. The highest BCUT2D eigenvalue weighted by Gasteiger charge is 2.49. The Labute approximate surface area is 205 Å². The molecule has 1 atom stereocenters. The van der Waals surface area contributed by atoms with Crippen molar-refractivity contribution < 1.29 is 9.90 Å². The van der Waals surface area contributed by atoms with E-state index in [0.717, 1.165) is 54.9 Å². The predicted molar refractivity (Wildman–Crippen MR) is 136 cm³/mol. The van der Waals surface area contributed by atoms with E-state index in [4.69, 9.17) is 4.98 Å². The third kappa shape index (κ3) is 3.74. The van der Waals surface area contributed by atoms with Gasteiger partial charge in [0, 0.05) is 24.0 Å². The molecule has 1 fully saturated rings. The molecule has 180 valence electrons. The lowest BCUT2D eigenvalue weighted by Gasteiger charge is -2.27. The van der Waals surface area contributed by atoms with E-state index < -0.39 is 5.41 Å². The van der Waals surface area contributed by atoms with Crippen molar-refractivity contribution >= 4 is 23.4 Å². The zero-order valence-corrected chi connectivity index (χ0v) is 20.3. The van der Waals surface area contributed by atoms with E-state index in [1.165, 1.54) is 18.4 Å². The highest BCUT2D eigenvalue weighted by molar-refractivity contribution is 6.07. The summed E-state index contributed by atoms with van der Waals surface area (Å²) in [6.07, 6.45) is 5.84. The average Bonchev–Trinajstić information content (AvgIpc) is 3.54. The van der Waals surface area contributed by atoms with Gasteiger partial charge in [0.1, 0.15) is 11.6 Å². The van der Waals surface area contributed by atoms with Gasteiger partial charge in [0.25, 0.3) is 0 Å². The number of aromatic nitrogens is 2. The Morgan fingerprint density at radius 2 is 1.94 bits per heavy atom. The lowest BCUT2D eigenvalue weighted by atomic mass is 9.88. The monoisotopic (exact) mass is 469 g/mol. The van der Waals surface area contributed by atoms with Crippen molar-refractivity contribution in [2.45, 2.75) is 57.5 Å². The van der Waals surface area contributed by atoms with Gasteiger partial charge in [-0.15, -0.1) is 0 Å². The van der Waals surface area contributed by atoms with Crippen molar-refractivity contribution in [3.8, 4) is 5.75 Å². The van der Waals surface area contributed by atoms with Gasteiger partial charge in [-0.2, -0.15) is 4.98 Å². The standard InChI is InChI=1S/C28H31N5O2/c1-28(2)22-16-29-27(30-19-8-5-7-18(15-19)17-32-13-3-4-14-32)31-25(22)33(26(28)35)23-12-11-21-20(23)9-6-10-24(21)34/h5-10,15-16,23,34H,3-4,11-14,17H2,1-2H3,(H,29,30,31)/t23-/m0/s1. The molecule has 1 amide bonds. The third-order valence-corrected chi connectivity index (χ3v) is 7.74. The Morgan fingerprint density at radius 1 is 1.14 bits per heavy atom. The summed E-state index contributed by atoms with van der Waals surface area (Å²) in [5, 5.41) is 13.7. The molecule has 0 radical (unpaired) electrons. The SMILES string of the molecule is CC1(C)C(=O)N([C@H]2CCc3c(O)cccc32)c2nc(Nc3cccc(CN4CCCC4)c3)ncc21. The fraction of sp³-hybridized carbons (Fsp3) is 0.393. The number of carbonyl (C=O) groups excluding carboxylic acids is 1. The number of aromatic hydroxyl groups is 1. The van der Waals surface area contributed by atoms with Crippen LogP contribution in [0.3, 0.4) is 0 Å². The summed E-state index contributed by atoms with van der Waals surface area (Å²) in [6.45, 7) is 7.14. The first-order chi connectivity index (χ1) is 16.9. The number of phenols is 1. The lowest BCUT2D eigenvalue weighted by Crippen LogP contribution is -2.38. The van der Waals surface area contributed by atoms with E-state index in [1.54, 1.807) is 12.3 Å². The van der Waals surface area contributed by atoms with Gasteiger partial charge in [0.15, 0.2) is 0 Å². The first kappa shape index (κ1) is 22.0. The zero-order chi connectivity index (χ0) is 24.2. The van der Waals surface area contributed by atoms with Crippen molar-refractivity contribution in [2.75, 3.05) is 23.3 Å². The smallest absolute Gasteiger partial charge is 0.239 e. The number of fused-ring (bicyclic) bond motifs is 2. The van der Waals surface area contributed by atoms with Crippen molar-refractivity contribution in [2.24, 2.45) is 0 Å². The summed E-state index contributed by atoms with van der Waals surface area (Å²) in [5.41, 5.74) is 4.27. The van der Waals surface area contributed by atoms with Gasteiger partial charge in [-0.1, -0.05) is 24.3 Å². The molecule has 1 aliphatic carbocycles. The Kier molecular flexibility index (Phi) is 5.25. The molecule has 7 nitrogen and oxygen atoms in total.